The minimum Gasteiger partial charge on any atom is -0.491 e. The van der Waals surface area contributed by atoms with Crippen molar-refractivity contribution in [3.05, 3.63) is 45.6 Å². The van der Waals surface area contributed by atoms with Crippen molar-refractivity contribution in [2.75, 3.05) is 19.0 Å². The Morgan fingerprint density at radius 1 is 1.15 bits per heavy atom. The van der Waals surface area contributed by atoms with Crippen molar-refractivity contribution in [2.45, 2.75) is 19.5 Å². The van der Waals surface area contributed by atoms with Crippen LogP contribution >= 0.6 is 11.3 Å². The van der Waals surface area contributed by atoms with Crippen LogP contribution < -0.4 is 10.1 Å². The molecule has 0 radical (unpaired) electrons. The Bertz CT molecular complexity index is 802. The largest absolute Gasteiger partial charge is 0.491 e. The van der Waals surface area contributed by atoms with Gasteiger partial charge >= 0.3 is 12.1 Å². The molecule has 0 unspecified atom stereocenters. The predicted molar refractivity (Wildman–Crippen MR) is 90.8 cm³/mol. The topological polar surface area (TPSA) is 64.6 Å². The molecular formula is C17H16F3NO4S. The first kappa shape index (κ1) is 19.8. The molecule has 26 heavy (non-hydrogen) atoms. The average Bonchev–Trinajstić information content (AvgIpc) is 3.09. The molecule has 1 heterocycles. The Kier molecular flexibility index (Phi) is 6.25. The molecule has 0 spiro atoms. The van der Waals surface area contributed by atoms with Crippen LogP contribution in [0.25, 0.3) is 0 Å². The van der Waals surface area contributed by atoms with Gasteiger partial charge in [0, 0.05) is 0 Å². The van der Waals surface area contributed by atoms with Gasteiger partial charge in [0.25, 0.3) is 5.91 Å². The Balaban J connectivity index is 2.28. The lowest BCUT2D eigenvalue weighted by Crippen LogP contribution is -2.13. The molecule has 1 amide bonds. The van der Waals surface area contributed by atoms with E-state index in [4.69, 9.17) is 4.74 Å². The van der Waals surface area contributed by atoms with E-state index in [1.54, 1.807) is 0 Å². The van der Waals surface area contributed by atoms with Crippen LogP contribution in [0, 0.1) is 0 Å². The highest BCUT2D eigenvalue weighted by Crippen LogP contribution is 2.35. The van der Waals surface area contributed by atoms with Crippen LogP contribution in [0.2, 0.25) is 0 Å². The van der Waals surface area contributed by atoms with Crippen LogP contribution in [-0.4, -0.2) is 25.6 Å². The number of halogens is 3. The molecule has 1 aromatic carbocycles. The van der Waals surface area contributed by atoms with Gasteiger partial charge < -0.3 is 14.8 Å². The predicted octanol–water partition coefficient (Wildman–Crippen LogP) is 4.59. The molecule has 140 valence electrons. The van der Waals surface area contributed by atoms with Gasteiger partial charge in [-0.05, 0) is 36.8 Å². The average molecular weight is 387 g/mol. The van der Waals surface area contributed by atoms with Crippen LogP contribution in [0.4, 0.5) is 18.9 Å². The van der Waals surface area contributed by atoms with Crippen molar-refractivity contribution in [2.24, 2.45) is 0 Å². The number of hydrogen-bond donors (Lipinski definition) is 1. The van der Waals surface area contributed by atoms with Crippen LogP contribution in [-0.2, 0) is 10.9 Å². The molecule has 0 aliphatic carbocycles. The molecule has 5 nitrogen and oxygen atoms in total. The number of alkyl halides is 3. The number of benzene rings is 1. The Morgan fingerprint density at radius 3 is 2.46 bits per heavy atom. The highest BCUT2D eigenvalue weighted by Gasteiger charge is 2.31. The van der Waals surface area contributed by atoms with Crippen molar-refractivity contribution in [3.8, 4) is 5.75 Å². The summed E-state index contributed by atoms with van der Waals surface area (Å²) in [4.78, 5) is 24.2. The molecule has 2 aromatic rings. The zero-order valence-electron chi connectivity index (χ0n) is 14.0. The number of rotatable bonds is 6. The second kappa shape index (κ2) is 8.22. The minimum absolute atomic E-state index is 0.0914. The van der Waals surface area contributed by atoms with Crippen molar-refractivity contribution >= 4 is 28.9 Å². The summed E-state index contributed by atoms with van der Waals surface area (Å²) < 4.78 is 48.8. The smallest absolute Gasteiger partial charge is 0.416 e. The molecule has 0 bridgehead atoms. The van der Waals surface area contributed by atoms with Gasteiger partial charge in [-0.3, -0.25) is 4.79 Å². The molecule has 0 fully saturated rings. The summed E-state index contributed by atoms with van der Waals surface area (Å²) in [7, 11) is 1.21. The zero-order valence-corrected chi connectivity index (χ0v) is 14.8. The zero-order chi connectivity index (χ0) is 19.3. The molecule has 2 rings (SSSR count). The number of hydrogen-bond acceptors (Lipinski definition) is 5. The van der Waals surface area contributed by atoms with Crippen LogP contribution in [0.1, 0.15) is 38.3 Å². The van der Waals surface area contributed by atoms with E-state index in [2.05, 4.69) is 10.1 Å². The second-order valence-corrected chi connectivity index (χ2v) is 6.25. The van der Waals surface area contributed by atoms with Gasteiger partial charge in [0.2, 0.25) is 0 Å². The Morgan fingerprint density at radius 2 is 1.85 bits per heavy atom. The van der Waals surface area contributed by atoms with Crippen LogP contribution in [0.5, 0.6) is 5.75 Å². The summed E-state index contributed by atoms with van der Waals surface area (Å²) in [5.74, 6) is -1.11. The van der Waals surface area contributed by atoms with E-state index in [0.29, 0.717) is 13.0 Å². The molecule has 1 aromatic heterocycles. The first-order chi connectivity index (χ1) is 12.3. The molecule has 0 atom stereocenters. The fraction of sp³-hybridized carbons (Fsp3) is 0.294. The number of carbonyl (C=O) groups is 2. The normalized spacial score (nSPS) is 11.1. The summed E-state index contributed by atoms with van der Waals surface area (Å²) >= 11 is 0.877. The fourth-order valence-electron chi connectivity index (χ4n) is 2.00. The molecule has 0 aliphatic heterocycles. The highest BCUT2D eigenvalue weighted by molar-refractivity contribution is 7.16. The van der Waals surface area contributed by atoms with E-state index in [1.165, 1.54) is 25.3 Å². The summed E-state index contributed by atoms with van der Waals surface area (Å²) in [5.41, 5.74) is -0.996. The molecule has 0 saturated carbocycles. The van der Waals surface area contributed by atoms with E-state index in [0.717, 1.165) is 23.5 Å². The van der Waals surface area contributed by atoms with Gasteiger partial charge in [-0.1, -0.05) is 6.92 Å². The number of amides is 1. The molecular weight excluding hydrogens is 371 g/mol. The van der Waals surface area contributed by atoms with Gasteiger partial charge in [-0.15, -0.1) is 11.3 Å². The second-order valence-electron chi connectivity index (χ2n) is 5.17. The number of methoxy groups -OCH3 is 1. The lowest BCUT2D eigenvalue weighted by atomic mass is 10.1. The van der Waals surface area contributed by atoms with Crippen LogP contribution in [0.3, 0.4) is 0 Å². The number of carbonyl (C=O) groups excluding carboxylic acids is 2. The third kappa shape index (κ3) is 4.75. The van der Waals surface area contributed by atoms with Crippen LogP contribution in [0.15, 0.2) is 30.3 Å². The van der Waals surface area contributed by atoms with Gasteiger partial charge in [0.05, 0.1) is 29.8 Å². The third-order valence-corrected chi connectivity index (χ3v) is 4.30. The minimum atomic E-state index is -4.55. The Hall–Kier alpha value is -2.55. The van der Waals surface area contributed by atoms with E-state index in [9.17, 15) is 22.8 Å². The van der Waals surface area contributed by atoms with Crippen molar-refractivity contribution in [3.63, 3.8) is 0 Å². The van der Waals surface area contributed by atoms with Gasteiger partial charge in [-0.2, -0.15) is 13.2 Å². The maximum absolute atomic E-state index is 12.9. The highest BCUT2D eigenvalue weighted by atomic mass is 32.1. The number of anilines is 1. The van der Waals surface area contributed by atoms with Crippen molar-refractivity contribution in [1.29, 1.82) is 0 Å². The summed E-state index contributed by atoms with van der Waals surface area (Å²) in [6, 6.07) is 5.68. The lowest BCUT2D eigenvalue weighted by molar-refractivity contribution is -0.137. The van der Waals surface area contributed by atoms with E-state index in [-0.39, 0.29) is 21.2 Å². The fourth-order valence-corrected chi connectivity index (χ4v) is 2.82. The Labute approximate surface area is 151 Å². The first-order valence-corrected chi connectivity index (χ1v) is 8.41. The van der Waals surface area contributed by atoms with Crippen molar-refractivity contribution in [1.82, 2.24) is 0 Å². The first-order valence-electron chi connectivity index (χ1n) is 7.59. The van der Waals surface area contributed by atoms with E-state index < -0.39 is 23.6 Å². The van der Waals surface area contributed by atoms with Gasteiger partial charge in [0.1, 0.15) is 10.6 Å². The van der Waals surface area contributed by atoms with E-state index >= 15 is 0 Å². The van der Waals surface area contributed by atoms with Crippen molar-refractivity contribution < 1.29 is 32.2 Å². The SMILES string of the molecule is CCCOc1ccc(C(F)(F)F)cc1NC(=O)c1ccc(C(=O)OC)s1. The van der Waals surface area contributed by atoms with Gasteiger partial charge in [0.15, 0.2) is 0 Å². The monoisotopic (exact) mass is 387 g/mol. The quantitative estimate of drug-likeness (QED) is 0.736. The summed E-state index contributed by atoms with van der Waals surface area (Å²) in [5, 5.41) is 2.41. The number of nitrogens with one attached hydrogen (secondary N) is 1. The summed E-state index contributed by atoms with van der Waals surface area (Å²) in [6.07, 6.45) is -3.90. The molecule has 0 aliphatic rings. The number of esters is 1. The van der Waals surface area contributed by atoms with Gasteiger partial charge in [-0.25, -0.2) is 4.79 Å². The molecule has 1 N–H and O–H groups in total. The molecule has 0 saturated heterocycles. The maximum Gasteiger partial charge on any atom is 0.416 e. The number of ether oxygens (including phenoxy) is 2. The summed E-state index contributed by atoms with van der Waals surface area (Å²) in [6.45, 7) is 2.14. The standard InChI is InChI=1S/C17H16F3NO4S/c1-3-8-25-12-5-4-10(17(18,19)20)9-11(12)21-15(22)13-6-7-14(26-13)16(23)24-2/h4-7,9H,3,8H2,1-2H3,(H,21,22). The third-order valence-electron chi connectivity index (χ3n) is 3.23. The number of thiophene rings is 1. The maximum atomic E-state index is 12.9. The molecule has 9 heteroatoms. The lowest BCUT2D eigenvalue weighted by Gasteiger charge is -2.14. The van der Waals surface area contributed by atoms with E-state index in [1.807, 2.05) is 6.92 Å².